The predicted octanol–water partition coefficient (Wildman–Crippen LogP) is 1.99. The van der Waals surface area contributed by atoms with Crippen molar-refractivity contribution >= 4 is 6.03 Å². The van der Waals surface area contributed by atoms with Crippen LogP contribution in [0.5, 0.6) is 0 Å². The van der Waals surface area contributed by atoms with Crippen molar-refractivity contribution in [1.82, 2.24) is 10.6 Å². The molecule has 0 aromatic carbocycles. The molecule has 1 aliphatic rings. The van der Waals surface area contributed by atoms with Gasteiger partial charge in [0, 0.05) is 13.1 Å². The largest absolute Gasteiger partial charge is 0.338 e. The highest BCUT2D eigenvalue weighted by Gasteiger charge is 2.34. The number of nitrogens with one attached hydrogen (secondary N) is 2. The van der Waals surface area contributed by atoms with Crippen LogP contribution < -0.4 is 16.4 Å². The van der Waals surface area contributed by atoms with Gasteiger partial charge in [0.1, 0.15) is 0 Å². The minimum absolute atomic E-state index is 0.0574. The topological polar surface area (TPSA) is 67.2 Å². The fourth-order valence-electron chi connectivity index (χ4n) is 2.67. The molecule has 0 aromatic rings. The van der Waals surface area contributed by atoms with Crippen molar-refractivity contribution in [2.75, 3.05) is 13.1 Å². The molecule has 2 unspecified atom stereocenters. The van der Waals surface area contributed by atoms with Crippen molar-refractivity contribution in [3.05, 3.63) is 0 Å². The molecular weight excluding hydrogens is 214 g/mol. The maximum atomic E-state index is 11.8. The molecule has 4 N–H and O–H groups in total. The molecule has 1 fully saturated rings. The zero-order chi connectivity index (χ0) is 12.7. The van der Waals surface area contributed by atoms with Gasteiger partial charge in [-0.15, -0.1) is 0 Å². The normalized spacial score (nSPS) is 28.8. The summed E-state index contributed by atoms with van der Waals surface area (Å²) in [5.74, 6) is 0.656. The van der Waals surface area contributed by atoms with Gasteiger partial charge in [0.15, 0.2) is 0 Å². The highest BCUT2D eigenvalue weighted by atomic mass is 16.2. The first-order chi connectivity index (χ1) is 8.12. The van der Waals surface area contributed by atoms with Crippen molar-refractivity contribution < 1.29 is 4.79 Å². The Bertz CT molecular complexity index is 245. The Morgan fingerprint density at radius 2 is 2.29 bits per heavy atom. The van der Waals surface area contributed by atoms with Crippen LogP contribution >= 0.6 is 0 Å². The fourth-order valence-corrected chi connectivity index (χ4v) is 2.67. The molecule has 1 aliphatic carbocycles. The van der Waals surface area contributed by atoms with Gasteiger partial charge in [-0.2, -0.15) is 0 Å². The molecule has 2 atom stereocenters. The lowest BCUT2D eigenvalue weighted by atomic mass is 9.76. The zero-order valence-corrected chi connectivity index (χ0v) is 11.2. The van der Waals surface area contributed by atoms with Crippen LogP contribution in [0.3, 0.4) is 0 Å². The van der Waals surface area contributed by atoms with Crippen LogP contribution in [0.25, 0.3) is 0 Å². The molecule has 0 aliphatic heterocycles. The quantitative estimate of drug-likeness (QED) is 0.644. The lowest BCUT2D eigenvalue weighted by Gasteiger charge is -2.39. The maximum absolute atomic E-state index is 11.8. The van der Waals surface area contributed by atoms with Crippen LogP contribution in [-0.2, 0) is 0 Å². The molecule has 1 rings (SSSR count). The summed E-state index contributed by atoms with van der Waals surface area (Å²) in [6.45, 7) is 5.64. The van der Waals surface area contributed by atoms with E-state index < -0.39 is 0 Å². The van der Waals surface area contributed by atoms with Crippen molar-refractivity contribution in [2.24, 2.45) is 11.7 Å². The smallest absolute Gasteiger partial charge is 0.315 e. The monoisotopic (exact) mass is 241 g/mol. The van der Waals surface area contributed by atoms with Gasteiger partial charge in [-0.25, -0.2) is 4.79 Å². The van der Waals surface area contributed by atoms with E-state index in [0.717, 1.165) is 38.6 Å². The van der Waals surface area contributed by atoms with E-state index in [2.05, 4.69) is 24.5 Å². The van der Waals surface area contributed by atoms with E-state index in [4.69, 9.17) is 5.73 Å². The van der Waals surface area contributed by atoms with Gasteiger partial charge in [0.25, 0.3) is 0 Å². The third-order valence-electron chi connectivity index (χ3n) is 3.68. The van der Waals surface area contributed by atoms with Gasteiger partial charge in [0.2, 0.25) is 0 Å². The Morgan fingerprint density at radius 3 is 2.88 bits per heavy atom. The maximum Gasteiger partial charge on any atom is 0.315 e. The Kier molecular flexibility index (Phi) is 5.75. The molecule has 0 saturated heterocycles. The number of unbranched alkanes of at least 4 members (excludes halogenated alkanes) is 1. The summed E-state index contributed by atoms with van der Waals surface area (Å²) < 4.78 is 0. The first-order valence-electron chi connectivity index (χ1n) is 6.88. The molecular formula is C13H27N3O. The van der Waals surface area contributed by atoms with Crippen molar-refractivity contribution in [1.29, 1.82) is 0 Å². The summed E-state index contributed by atoms with van der Waals surface area (Å²) in [4.78, 5) is 11.8. The first kappa shape index (κ1) is 14.3. The van der Waals surface area contributed by atoms with Gasteiger partial charge in [-0.05, 0) is 25.2 Å². The van der Waals surface area contributed by atoms with E-state index in [1.165, 1.54) is 6.42 Å². The number of amides is 2. The lowest BCUT2D eigenvalue weighted by Crippen LogP contribution is -2.58. The molecule has 0 radical (unpaired) electrons. The van der Waals surface area contributed by atoms with Crippen LogP contribution in [0.2, 0.25) is 0 Å². The SMILES string of the molecule is CCCCNC(=O)NC1(CN)CCCC(C)C1. The minimum Gasteiger partial charge on any atom is -0.338 e. The second-order valence-electron chi connectivity index (χ2n) is 5.42. The number of urea groups is 1. The summed E-state index contributed by atoms with van der Waals surface area (Å²) in [7, 11) is 0. The van der Waals surface area contributed by atoms with Gasteiger partial charge in [-0.3, -0.25) is 0 Å². The second kappa shape index (κ2) is 6.84. The molecule has 0 heterocycles. The molecule has 2 amide bonds. The van der Waals surface area contributed by atoms with E-state index in [0.29, 0.717) is 12.5 Å². The highest BCUT2D eigenvalue weighted by Crippen LogP contribution is 2.31. The molecule has 4 nitrogen and oxygen atoms in total. The Balaban J connectivity index is 2.42. The van der Waals surface area contributed by atoms with Gasteiger partial charge in [-0.1, -0.05) is 33.1 Å². The van der Waals surface area contributed by atoms with Crippen molar-refractivity contribution in [2.45, 2.75) is 57.9 Å². The Morgan fingerprint density at radius 1 is 1.53 bits per heavy atom. The Labute approximate surface area is 105 Å². The third-order valence-corrected chi connectivity index (χ3v) is 3.68. The van der Waals surface area contributed by atoms with Crippen molar-refractivity contribution in [3.63, 3.8) is 0 Å². The molecule has 4 heteroatoms. The third kappa shape index (κ3) is 4.54. The number of carbonyl (C=O) groups excluding carboxylic acids is 1. The Hall–Kier alpha value is -0.770. The molecule has 100 valence electrons. The van der Waals surface area contributed by atoms with Crippen LogP contribution in [0.1, 0.15) is 52.4 Å². The summed E-state index contributed by atoms with van der Waals surface area (Å²) >= 11 is 0. The van der Waals surface area contributed by atoms with E-state index in [1.54, 1.807) is 0 Å². The molecule has 0 bridgehead atoms. The van der Waals surface area contributed by atoms with Gasteiger partial charge < -0.3 is 16.4 Å². The van der Waals surface area contributed by atoms with Crippen LogP contribution in [0.15, 0.2) is 0 Å². The average Bonchev–Trinajstić information content (AvgIpc) is 2.29. The van der Waals surface area contributed by atoms with Gasteiger partial charge in [0.05, 0.1) is 5.54 Å². The summed E-state index contributed by atoms with van der Waals surface area (Å²) in [6, 6.07) is -0.0574. The van der Waals surface area contributed by atoms with E-state index in [-0.39, 0.29) is 11.6 Å². The van der Waals surface area contributed by atoms with E-state index >= 15 is 0 Å². The first-order valence-corrected chi connectivity index (χ1v) is 6.88. The number of carbonyl (C=O) groups is 1. The molecule has 0 spiro atoms. The van der Waals surface area contributed by atoms with Crippen LogP contribution in [-0.4, -0.2) is 24.7 Å². The number of rotatable bonds is 5. The number of nitrogens with two attached hydrogens (primary N) is 1. The van der Waals surface area contributed by atoms with Crippen LogP contribution in [0.4, 0.5) is 4.79 Å². The number of hydrogen-bond donors (Lipinski definition) is 3. The summed E-state index contributed by atoms with van der Waals surface area (Å²) in [6.07, 6.45) is 6.55. The molecule has 17 heavy (non-hydrogen) atoms. The second-order valence-corrected chi connectivity index (χ2v) is 5.42. The summed E-state index contributed by atoms with van der Waals surface area (Å²) in [5.41, 5.74) is 5.69. The van der Waals surface area contributed by atoms with E-state index in [9.17, 15) is 4.79 Å². The molecule has 1 saturated carbocycles. The van der Waals surface area contributed by atoms with Crippen molar-refractivity contribution in [3.8, 4) is 0 Å². The number of hydrogen-bond acceptors (Lipinski definition) is 2. The standard InChI is InChI=1S/C13H27N3O/c1-3-4-8-15-12(17)16-13(10-14)7-5-6-11(2)9-13/h11H,3-10,14H2,1-2H3,(H2,15,16,17). The lowest BCUT2D eigenvalue weighted by molar-refractivity contribution is 0.184. The fraction of sp³-hybridized carbons (Fsp3) is 0.923. The zero-order valence-electron chi connectivity index (χ0n) is 11.2. The van der Waals surface area contributed by atoms with Crippen LogP contribution in [0, 0.1) is 5.92 Å². The van der Waals surface area contributed by atoms with E-state index in [1.807, 2.05) is 0 Å². The molecule has 0 aromatic heterocycles. The average molecular weight is 241 g/mol. The predicted molar refractivity (Wildman–Crippen MR) is 70.9 cm³/mol. The summed E-state index contributed by atoms with van der Waals surface area (Å²) in [5, 5.41) is 6.00. The van der Waals surface area contributed by atoms with Gasteiger partial charge >= 0.3 is 6.03 Å². The highest BCUT2D eigenvalue weighted by molar-refractivity contribution is 5.74. The minimum atomic E-state index is -0.173.